The van der Waals surface area contributed by atoms with E-state index >= 15 is 0 Å². The van der Waals surface area contributed by atoms with Gasteiger partial charge in [0.15, 0.2) is 0 Å². The van der Waals surface area contributed by atoms with Crippen molar-refractivity contribution in [2.45, 2.75) is 0 Å². The summed E-state index contributed by atoms with van der Waals surface area (Å²) < 4.78 is 5.66. The highest BCUT2D eigenvalue weighted by atomic mass is 32.1. The summed E-state index contributed by atoms with van der Waals surface area (Å²) in [5.74, 6) is 0.707. The summed E-state index contributed by atoms with van der Waals surface area (Å²) in [6, 6.07) is 23.8. The van der Waals surface area contributed by atoms with Gasteiger partial charge in [0.05, 0.1) is 21.7 Å². The first kappa shape index (κ1) is 21.9. The summed E-state index contributed by atoms with van der Waals surface area (Å²) in [5.41, 5.74) is 6.44. The molecule has 1 N–H and O–H groups in total. The molecule has 1 aromatic heterocycles. The molecule has 3 aromatic carbocycles. The average Bonchev–Trinajstić information content (AvgIpc) is 3.28. The van der Waals surface area contributed by atoms with Gasteiger partial charge in [0.1, 0.15) is 12.4 Å². The van der Waals surface area contributed by atoms with E-state index in [2.05, 4.69) is 17.1 Å². The van der Waals surface area contributed by atoms with Crippen molar-refractivity contribution in [1.82, 2.24) is 4.98 Å². The Labute approximate surface area is 194 Å². The lowest BCUT2D eigenvalue weighted by molar-refractivity contribution is -0.384. The number of ether oxygens (including phenoxy) is 1. The summed E-state index contributed by atoms with van der Waals surface area (Å²) in [7, 11) is 0. The van der Waals surface area contributed by atoms with Crippen LogP contribution >= 0.6 is 11.3 Å². The van der Waals surface area contributed by atoms with Crippen molar-refractivity contribution in [3.05, 3.63) is 107 Å². The molecular formula is C25H20N4O3S. The van der Waals surface area contributed by atoms with E-state index in [0.717, 1.165) is 27.3 Å². The van der Waals surface area contributed by atoms with Crippen LogP contribution in [0.2, 0.25) is 0 Å². The number of rotatable bonds is 9. The summed E-state index contributed by atoms with van der Waals surface area (Å²) in [6.45, 7) is 4.08. The summed E-state index contributed by atoms with van der Waals surface area (Å²) in [5, 5.41) is 16.0. The zero-order valence-corrected chi connectivity index (χ0v) is 18.4. The van der Waals surface area contributed by atoms with Gasteiger partial charge in [-0.1, -0.05) is 66.5 Å². The average molecular weight is 457 g/mol. The summed E-state index contributed by atoms with van der Waals surface area (Å²) in [4.78, 5) is 16.2. The fourth-order valence-electron chi connectivity index (χ4n) is 3.11. The van der Waals surface area contributed by atoms with E-state index in [-0.39, 0.29) is 5.69 Å². The second-order valence-electron chi connectivity index (χ2n) is 6.87. The first-order valence-corrected chi connectivity index (χ1v) is 10.9. The third-order valence-electron chi connectivity index (χ3n) is 4.65. The Morgan fingerprint density at radius 3 is 2.48 bits per heavy atom. The van der Waals surface area contributed by atoms with E-state index in [1.807, 2.05) is 54.6 Å². The topological polar surface area (TPSA) is 89.7 Å². The highest BCUT2D eigenvalue weighted by molar-refractivity contribution is 7.19. The van der Waals surface area contributed by atoms with E-state index in [9.17, 15) is 10.1 Å². The number of aromatic nitrogens is 1. The first-order valence-electron chi connectivity index (χ1n) is 10.1. The van der Waals surface area contributed by atoms with Crippen LogP contribution < -0.4 is 10.2 Å². The van der Waals surface area contributed by atoms with E-state index in [4.69, 9.17) is 9.72 Å². The van der Waals surface area contributed by atoms with Crippen LogP contribution in [0, 0.1) is 10.1 Å². The van der Waals surface area contributed by atoms with Crippen LogP contribution in [-0.4, -0.2) is 22.7 Å². The molecule has 0 spiro atoms. The number of nitro benzene ring substituents is 1. The molecule has 0 fully saturated rings. The largest absolute Gasteiger partial charge is 0.489 e. The summed E-state index contributed by atoms with van der Waals surface area (Å²) >= 11 is 1.42. The molecule has 0 radical (unpaired) electrons. The molecule has 0 saturated heterocycles. The molecule has 4 rings (SSSR count). The number of hydrogen-bond acceptors (Lipinski definition) is 7. The molecule has 7 nitrogen and oxygen atoms in total. The maximum atomic E-state index is 11.0. The molecule has 0 aliphatic rings. The molecular weight excluding hydrogens is 436 g/mol. The van der Waals surface area contributed by atoms with Crippen molar-refractivity contribution in [3.63, 3.8) is 0 Å². The van der Waals surface area contributed by atoms with Crippen LogP contribution in [0.15, 0.2) is 96.6 Å². The van der Waals surface area contributed by atoms with Crippen LogP contribution in [0.25, 0.3) is 21.7 Å². The highest BCUT2D eigenvalue weighted by Crippen LogP contribution is 2.39. The molecule has 0 aliphatic heterocycles. The first-order chi connectivity index (χ1) is 16.2. The Balaban J connectivity index is 1.63. The van der Waals surface area contributed by atoms with Gasteiger partial charge < -0.3 is 4.74 Å². The third kappa shape index (κ3) is 5.31. The van der Waals surface area contributed by atoms with Gasteiger partial charge in [-0.05, 0) is 29.8 Å². The molecule has 0 bridgehead atoms. The number of nitrogens with zero attached hydrogens (tertiary/aromatic N) is 3. The fraction of sp³-hybridized carbons (Fsp3) is 0.0400. The standard InChI is InChI=1S/C25H20N4O3S/c1-2-16-32-22-11-7-6-10-20(22)17-26-28-25-27-23(18-8-4-3-5-9-18)24(33-25)19-12-14-21(15-13-19)29(30)31/h2-15,17H,1,16H2,(H,27,28)/b26-17-. The Bertz CT molecular complexity index is 1280. The van der Waals surface area contributed by atoms with Crippen molar-refractivity contribution in [3.8, 4) is 27.4 Å². The van der Waals surface area contributed by atoms with Gasteiger partial charge in [0.2, 0.25) is 5.13 Å². The molecule has 8 heteroatoms. The smallest absolute Gasteiger partial charge is 0.269 e. The van der Waals surface area contributed by atoms with Gasteiger partial charge in [-0.3, -0.25) is 15.5 Å². The monoisotopic (exact) mass is 456 g/mol. The zero-order chi connectivity index (χ0) is 23.0. The van der Waals surface area contributed by atoms with Gasteiger partial charge in [0, 0.05) is 23.3 Å². The van der Waals surface area contributed by atoms with Crippen molar-refractivity contribution < 1.29 is 9.66 Å². The number of nitrogens with one attached hydrogen (secondary N) is 1. The molecule has 0 aliphatic carbocycles. The third-order valence-corrected chi connectivity index (χ3v) is 5.66. The van der Waals surface area contributed by atoms with Gasteiger partial charge >= 0.3 is 0 Å². The van der Waals surface area contributed by atoms with Gasteiger partial charge in [-0.25, -0.2) is 4.98 Å². The minimum Gasteiger partial charge on any atom is -0.489 e. The van der Waals surface area contributed by atoms with Crippen molar-refractivity contribution in [2.75, 3.05) is 12.0 Å². The second kappa shape index (κ2) is 10.3. The Morgan fingerprint density at radius 2 is 1.76 bits per heavy atom. The number of hydrogen-bond donors (Lipinski definition) is 1. The zero-order valence-electron chi connectivity index (χ0n) is 17.5. The predicted molar refractivity (Wildman–Crippen MR) is 133 cm³/mol. The molecule has 0 amide bonds. The Morgan fingerprint density at radius 1 is 1.03 bits per heavy atom. The van der Waals surface area contributed by atoms with E-state index in [1.165, 1.54) is 23.5 Å². The Kier molecular flexibility index (Phi) is 6.87. The van der Waals surface area contributed by atoms with Crippen LogP contribution in [0.4, 0.5) is 10.8 Å². The van der Waals surface area contributed by atoms with E-state index in [0.29, 0.717) is 17.5 Å². The number of thiazole rings is 1. The van der Waals surface area contributed by atoms with Crippen LogP contribution in [0.1, 0.15) is 5.56 Å². The highest BCUT2D eigenvalue weighted by Gasteiger charge is 2.16. The molecule has 0 saturated carbocycles. The number of hydrazone groups is 1. The molecule has 0 unspecified atom stereocenters. The van der Waals surface area contributed by atoms with Crippen LogP contribution in [-0.2, 0) is 0 Å². The van der Waals surface area contributed by atoms with Crippen molar-refractivity contribution in [1.29, 1.82) is 0 Å². The quantitative estimate of drug-likeness (QED) is 0.136. The number of non-ortho nitro benzene ring substituents is 1. The predicted octanol–water partition coefficient (Wildman–Crippen LogP) is 6.40. The minimum atomic E-state index is -0.410. The number of nitro groups is 1. The molecule has 4 aromatic rings. The van der Waals surface area contributed by atoms with Gasteiger partial charge in [-0.2, -0.15) is 5.10 Å². The second-order valence-corrected chi connectivity index (χ2v) is 7.87. The van der Waals surface area contributed by atoms with Crippen LogP contribution in [0.3, 0.4) is 0 Å². The van der Waals surface area contributed by atoms with Gasteiger partial charge in [-0.15, -0.1) is 0 Å². The lowest BCUT2D eigenvalue weighted by Crippen LogP contribution is -1.97. The number of anilines is 1. The molecule has 1 heterocycles. The van der Waals surface area contributed by atoms with E-state index in [1.54, 1.807) is 24.4 Å². The maximum Gasteiger partial charge on any atom is 0.269 e. The number of para-hydroxylation sites is 1. The SMILES string of the molecule is C=CCOc1ccccc1/C=N\Nc1nc(-c2ccccc2)c(-c2ccc([N+](=O)[O-])cc2)s1. The van der Waals surface area contributed by atoms with E-state index < -0.39 is 4.92 Å². The lowest BCUT2D eigenvalue weighted by Gasteiger charge is -2.05. The molecule has 164 valence electrons. The lowest BCUT2D eigenvalue weighted by atomic mass is 10.1. The summed E-state index contributed by atoms with van der Waals surface area (Å²) in [6.07, 6.45) is 3.36. The molecule has 33 heavy (non-hydrogen) atoms. The minimum absolute atomic E-state index is 0.0461. The van der Waals surface area contributed by atoms with Crippen molar-refractivity contribution in [2.24, 2.45) is 5.10 Å². The fourth-order valence-corrected chi connectivity index (χ4v) is 4.06. The number of benzene rings is 3. The van der Waals surface area contributed by atoms with Crippen LogP contribution in [0.5, 0.6) is 5.75 Å². The van der Waals surface area contributed by atoms with Crippen molar-refractivity contribution >= 4 is 28.4 Å². The van der Waals surface area contributed by atoms with Gasteiger partial charge in [0.25, 0.3) is 5.69 Å². The normalized spacial score (nSPS) is 10.8. The Hall–Kier alpha value is -4.30. The maximum absolute atomic E-state index is 11.0. The molecule has 0 atom stereocenters.